The Hall–Kier alpha value is -2.08. The number of hydrogen-bond donors (Lipinski definition) is 1. The van der Waals surface area contributed by atoms with E-state index in [1.54, 1.807) is 34.6 Å². The van der Waals surface area contributed by atoms with Gasteiger partial charge in [-0.1, -0.05) is 48.0 Å². The summed E-state index contributed by atoms with van der Waals surface area (Å²) in [6.45, 7) is 20.5. The average Bonchev–Trinajstić information content (AvgIpc) is 3.31. The first-order valence-corrected chi connectivity index (χ1v) is 17.6. The van der Waals surface area contributed by atoms with Crippen molar-refractivity contribution in [3.05, 3.63) is 0 Å². The van der Waals surface area contributed by atoms with Gasteiger partial charge in [-0.2, -0.15) is 0 Å². The quantitative estimate of drug-likeness (QED) is 0.207. The maximum absolute atomic E-state index is 14.5. The van der Waals surface area contributed by atoms with Crippen LogP contribution >= 0.6 is 0 Å². The molecular weight excluding hydrogens is 604 g/mol. The van der Waals surface area contributed by atoms with E-state index in [2.05, 4.69) is 24.1 Å². The summed E-state index contributed by atoms with van der Waals surface area (Å²) in [5, 5.41) is 2.82. The fraction of sp³-hybridized carbons (Fsp3) is 0.889. The number of unbranched alkanes of at least 4 members (excludes halogenated alkanes) is 1. The number of hydrogen-bond acceptors (Lipinski definition) is 10. The number of nitrogens with one attached hydrogen (secondary N) is 1. The Morgan fingerprint density at radius 3 is 2.17 bits per heavy atom. The molecule has 47 heavy (non-hydrogen) atoms. The number of carbonyl (C=O) groups excluding carboxylic acids is 4. The molecule has 0 saturated carbocycles. The topological polar surface area (TPSA) is 130 Å². The first-order valence-electron chi connectivity index (χ1n) is 17.6. The van der Waals surface area contributed by atoms with E-state index >= 15 is 0 Å². The Balaban J connectivity index is 2.18. The van der Waals surface area contributed by atoms with Crippen molar-refractivity contribution in [1.29, 1.82) is 0 Å². The number of rotatable bonds is 8. The Morgan fingerprint density at radius 1 is 0.957 bits per heavy atom. The van der Waals surface area contributed by atoms with Gasteiger partial charge in [0.1, 0.15) is 17.3 Å². The molecule has 0 radical (unpaired) electrons. The second kappa shape index (κ2) is 15.2. The molecule has 12 atom stereocenters. The number of ether oxygens (including phenoxy) is 5. The van der Waals surface area contributed by atoms with E-state index in [0.29, 0.717) is 13.0 Å². The van der Waals surface area contributed by atoms with Crippen LogP contribution in [0.5, 0.6) is 0 Å². The molecule has 0 aliphatic carbocycles. The van der Waals surface area contributed by atoms with Crippen LogP contribution in [0.25, 0.3) is 0 Å². The van der Waals surface area contributed by atoms with E-state index < -0.39 is 71.0 Å². The van der Waals surface area contributed by atoms with Gasteiger partial charge in [-0.15, -0.1) is 0 Å². The minimum Gasteiger partial charge on any atom is -0.457 e. The number of amides is 1. The van der Waals surface area contributed by atoms with Crippen molar-refractivity contribution >= 4 is 23.6 Å². The number of alkyl carbamates (subject to hydrolysis) is 1. The fourth-order valence-corrected chi connectivity index (χ4v) is 8.09. The Kier molecular flexibility index (Phi) is 12.7. The molecule has 0 spiro atoms. The van der Waals surface area contributed by atoms with Gasteiger partial charge in [0.05, 0.1) is 23.9 Å². The number of nitrogens with zero attached hydrogens (tertiary/aromatic N) is 1. The van der Waals surface area contributed by atoms with E-state index in [1.807, 2.05) is 41.8 Å². The first kappa shape index (κ1) is 39.4. The predicted molar refractivity (Wildman–Crippen MR) is 178 cm³/mol. The molecular formula is C36H62N2O9. The molecule has 0 aromatic carbocycles. The highest BCUT2D eigenvalue weighted by Gasteiger charge is 2.58. The summed E-state index contributed by atoms with van der Waals surface area (Å²) < 4.78 is 31.8. The minimum atomic E-state index is -1.57. The lowest BCUT2D eigenvalue weighted by Crippen LogP contribution is -2.60. The van der Waals surface area contributed by atoms with E-state index in [1.165, 1.54) is 0 Å². The number of fused-ring (bicyclic) bond motifs is 1. The van der Waals surface area contributed by atoms with Crippen molar-refractivity contribution in [3.63, 3.8) is 0 Å². The normalized spacial score (nSPS) is 41.9. The summed E-state index contributed by atoms with van der Waals surface area (Å²) in [5.41, 5.74) is -4.02. The molecule has 0 bridgehead atoms. The summed E-state index contributed by atoms with van der Waals surface area (Å²) in [4.78, 5) is 57.6. The highest BCUT2D eigenvalue weighted by atomic mass is 16.7. The third kappa shape index (κ3) is 8.05. The van der Waals surface area contributed by atoms with Crippen LogP contribution < -0.4 is 5.32 Å². The third-order valence-electron chi connectivity index (χ3n) is 11.1. The van der Waals surface area contributed by atoms with Gasteiger partial charge in [-0.05, 0) is 74.4 Å². The second-order valence-corrected chi connectivity index (χ2v) is 15.6. The summed E-state index contributed by atoms with van der Waals surface area (Å²) in [7, 11) is 4.08. The molecule has 3 fully saturated rings. The second-order valence-electron chi connectivity index (χ2n) is 15.6. The largest absolute Gasteiger partial charge is 0.457 e. The van der Waals surface area contributed by atoms with Crippen LogP contribution in [0.2, 0.25) is 0 Å². The van der Waals surface area contributed by atoms with Crippen LogP contribution in [0.3, 0.4) is 0 Å². The van der Waals surface area contributed by atoms with Crippen molar-refractivity contribution in [2.45, 2.75) is 156 Å². The Morgan fingerprint density at radius 2 is 1.60 bits per heavy atom. The lowest BCUT2D eigenvalue weighted by Gasteiger charge is -2.48. The summed E-state index contributed by atoms with van der Waals surface area (Å²) in [6, 6.07) is -0.582. The molecule has 3 aliphatic rings. The van der Waals surface area contributed by atoms with Crippen LogP contribution in [-0.4, -0.2) is 97.1 Å². The molecule has 1 amide bonds. The first-order chi connectivity index (χ1) is 21.7. The van der Waals surface area contributed by atoms with E-state index in [4.69, 9.17) is 23.7 Å². The summed E-state index contributed by atoms with van der Waals surface area (Å²) in [5.74, 6) is -3.30. The molecule has 3 rings (SSSR count). The number of ketones is 2. The molecule has 0 aromatic heterocycles. The molecule has 270 valence electrons. The molecule has 3 aliphatic heterocycles. The lowest BCUT2D eigenvalue weighted by molar-refractivity contribution is -0.283. The minimum absolute atomic E-state index is 0.0393. The van der Waals surface area contributed by atoms with Gasteiger partial charge >= 0.3 is 12.1 Å². The zero-order valence-electron chi connectivity index (χ0n) is 31.1. The van der Waals surface area contributed by atoms with Gasteiger partial charge in [-0.3, -0.25) is 14.4 Å². The highest BCUT2D eigenvalue weighted by Crippen LogP contribution is 2.42. The highest BCUT2D eigenvalue weighted by molar-refractivity contribution is 6.04. The maximum atomic E-state index is 14.5. The van der Waals surface area contributed by atoms with Gasteiger partial charge < -0.3 is 33.9 Å². The fourth-order valence-electron chi connectivity index (χ4n) is 8.09. The van der Waals surface area contributed by atoms with Crippen molar-refractivity contribution in [1.82, 2.24) is 10.2 Å². The van der Waals surface area contributed by atoms with Crippen LogP contribution in [-0.2, 0) is 38.1 Å². The Bertz CT molecular complexity index is 1140. The zero-order chi connectivity index (χ0) is 35.6. The van der Waals surface area contributed by atoms with Crippen LogP contribution in [0.1, 0.15) is 108 Å². The van der Waals surface area contributed by atoms with Crippen molar-refractivity contribution in [2.24, 2.45) is 29.1 Å². The molecule has 3 saturated heterocycles. The van der Waals surface area contributed by atoms with Crippen LogP contribution in [0, 0.1) is 29.1 Å². The van der Waals surface area contributed by atoms with E-state index in [0.717, 1.165) is 19.3 Å². The molecule has 3 heterocycles. The van der Waals surface area contributed by atoms with Crippen molar-refractivity contribution in [2.75, 3.05) is 20.7 Å². The molecule has 0 unspecified atom stereocenters. The molecule has 1 N–H and O–H groups in total. The molecule has 11 heteroatoms. The van der Waals surface area contributed by atoms with Gasteiger partial charge in [0.2, 0.25) is 0 Å². The van der Waals surface area contributed by atoms with E-state index in [9.17, 15) is 19.2 Å². The van der Waals surface area contributed by atoms with Crippen LogP contribution in [0.4, 0.5) is 4.79 Å². The lowest BCUT2D eigenvalue weighted by atomic mass is 9.71. The third-order valence-corrected chi connectivity index (χ3v) is 11.1. The summed E-state index contributed by atoms with van der Waals surface area (Å²) >= 11 is 0. The number of esters is 1. The summed E-state index contributed by atoms with van der Waals surface area (Å²) in [6.07, 6.45) is -0.132. The van der Waals surface area contributed by atoms with Gasteiger partial charge in [-0.25, -0.2) is 4.79 Å². The van der Waals surface area contributed by atoms with Crippen molar-refractivity contribution in [3.8, 4) is 0 Å². The maximum Gasteiger partial charge on any atom is 0.408 e. The standard InChI is InChI=1S/C36H62N2O9/c1-14-16-17-43-35(10)19-20(3)27(39)23(6)28-36(11,47-33(42)37-28)26(15-2)45-32(41)34(8,9)29(40)24(7)30(35)46-31-22(5)25(38(12)13)18-21(4)44-31/h20-26,28,30-31H,14-19H2,1-13H3,(H,37,42)/t20-,21-,22-,23+,24+,25+,26-,28-,30-,31+,35+,36-/m1/s1. The monoisotopic (exact) mass is 666 g/mol. The van der Waals surface area contributed by atoms with Gasteiger partial charge in [0.15, 0.2) is 17.7 Å². The number of Topliss-reactive ketones (excluding diaryl/α,β-unsaturated/α-hetero) is 2. The van der Waals surface area contributed by atoms with E-state index in [-0.39, 0.29) is 36.1 Å². The number of cyclic esters (lactones) is 1. The average molecular weight is 667 g/mol. The van der Waals surface area contributed by atoms with Crippen molar-refractivity contribution < 1.29 is 42.9 Å². The number of carbonyl (C=O) groups is 4. The van der Waals surface area contributed by atoms with Gasteiger partial charge in [0.25, 0.3) is 0 Å². The SMILES string of the molecule is CCCCO[C@@]1(C)C[C@@H](C)C(=O)[C@H](C)[C@H]2NC(=O)O[C@]2(C)[C@@H](CC)OC(=O)C(C)(C)C(=O)[C@H](C)[C@H]1O[C@@H]1O[C@H](C)C[C@H](N(C)C)[C@H]1C. The smallest absolute Gasteiger partial charge is 0.408 e. The predicted octanol–water partition coefficient (Wildman–Crippen LogP) is 5.31. The van der Waals surface area contributed by atoms with Crippen LogP contribution in [0.15, 0.2) is 0 Å². The molecule has 11 nitrogen and oxygen atoms in total. The molecule has 0 aromatic rings. The Labute approximate surface area is 282 Å². The zero-order valence-corrected chi connectivity index (χ0v) is 31.1. The van der Waals surface area contributed by atoms with Gasteiger partial charge in [0, 0.05) is 36.3 Å².